The minimum absolute atomic E-state index is 0.0807. The molecule has 2 N–H and O–H groups in total. The summed E-state index contributed by atoms with van der Waals surface area (Å²) in [5, 5.41) is 13.4. The highest BCUT2D eigenvalue weighted by Crippen LogP contribution is 2.31. The van der Waals surface area contributed by atoms with E-state index in [1.54, 1.807) is 25.1 Å². The van der Waals surface area contributed by atoms with E-state index in [2.05, 4.69) is 5.32 Å². The molecule has 0 aliphatic rings. The second kappa shape index (κ2) is 5.14. The normalized spacial score (nSPS) is 10.8. The lowest BCUT2D eigenvalue weighted by Gasteiger charge is -2.04. The topological polar surface area (TPSA) is 62.5 Å². The van der Waals surface area contributed by atoms with Crippen molar-refractivity contribution in [3.8, 4) is 5.75 Å². The van der Waals surface area contributed by atoms with Gasteiger partial charge in [-0.25, -0.2) is 0 Å². The average Bonchev–Trinajstić information content (AvgIpc) is 2.78. The van der Waals surface area contributed by atoms with E-state index in [4.69, 9.17) is 16.0 Å². The number of aryl methyl sites for hydroxylation is 1. The van der Waals surface area contributed by atoms with Crippen LogP contribution in [0.1, 0.15) is 16.1 Å². The molecule has 3 aromatic rings. The third-order valence-corrected chi connectivity index (χ3v) is 3.52. The van der Waals surface area contributed by atoms with E-state index in [0.717, 1.165) is 10.9 Å². The Morgan fingerprint density at radius 1 is 1.24 bits per heavy atom. The summed E-state index contributed by atoms with van der Waals surface area (Å²) in [5.41, 5.74) is 1.72. The highest BCUT2D eigenvalue weighted by atomic mass is 35.5. The Hall–Kier alpha value is -2.46. The van der Waals surface area contributed by atoms with Crippen LogP contribution in [0.2, 0.25) is 5.02 Å². The zero-order chi connectivity index (χ0) is 15.0. The summed E-state index contributed by atoms with van der Waals surface area (Å²) in [7, 11) is 0. The first kappa shape index (κ1) is 13.5. The van der Waals surface area contributed by atoms with E-state index in [9.17, 15) is 9.90 Å². The molecule has 4 nitrogen and oxygen atoms in total. The SMILES string of the molecule is Cc1c(C(=O)Nc2cccc(O)c2)oc2c(Cl)cccc12. The highest BCUT2D eigenvalue weighted by molar-refractivity contribution is 6.35. The van der Waals surface area contributed by atoms with Crippen molar-refractivity contribution in [3.63, 3.8) is 0 Å². The van der Waals surface area contributed by atoms with Gasteiger partial charge in [-0.3, -0.25) is 4.79 Å². The van der Waals surface area contributed by atoms with Gasteiger partial charge in [0.25, 0.3) is 5.91 Å². The van der Waals surface area contributed by atoms with Crippen LogP contribution in [0, 0.1) is 6.92 Å². The number of hydrogen-bond acceptors (Lipinski definition) is 3. The molecule has 0 bridgehead atoms. The van der Waals surface area contributed by atoms with Gasteiger partial charge < -0.3 is 14.8 Å². The van der Waals surface area contributed by atoms with Crippen LogP contribution in [0.5, 0.6) is 5.75 Å². The minimum atomic E-state index is -0.384. The Bertz CT molecular complexity index is 839. The molecule has 3 rings (SSSR count). The fourth-order valence-electron chi connectivity index (χ4n) is 2.20. The number of carbonyl (C=O) groups is 1. The van der Waals surface area contributed by atoms with Crippen LogP contribution in [0.4, 0.5) is 5.69 Å². The third-order valence-electron chi connectivity index (χ3n) is 3.23. The molecule has 0 saturated heterocycles. The van der Waals surface area contributed by atoms with Crippen molar-refractivity contribution in [1.82, 2.24) is 0 Å². The number of phenolic OH excluding ortho intramolecular Hbond substituents is 1. The first-order valence-electron chi connectivity index (χ1n) is 6.34. The maximum Gasteiger partial charge on any atom is 0.291 e. The van der Waals surface area contributed by atoms with Gasteiger partial charge in [0.1, 0.15) is 5.75 Å². The number of aromatic hydroxyl groups is 1. The molecule has 21 heavy (non-hydrogen) atoms. The molecular formula is C16H12ClNO3. The maximum absolute atomic E-state index is 12.3. The predicted molar refractivity (Wildman–Crippen MR) is 82.0 cm³/mol. The van der Waals surface area contributed by atoms with Crippen molar-refractivity contribution in [3.05, 3.63) is 58.8 Å². The van der Waals surface area contributed by atoms with E-state index in [0.29, 0.717) is 16.3 Å². The first-order valence-corrected chi connectivity index (χ1v) is 6.72. The van der Waals surface area contributed by atoms with E-state index < -0.39 is 0 Å². The summed E-state index contributed by atoms with van der Waals surface area (Å²) < 4.78 is 5.59. The Labute approximate surface area is 126 Å². The van der Waals surface area contributed by atoms with Gasteiger partial charge in [0.2, 0.25) is 0 Å². The standard InChI is InChI=1S/C16H12ClNO3/c1-9-12-6-3-7-13(17)15(12)21-14(9)16(20)18-10-4-2-5-11(19)8-10/h2-8,19H,1H3,(H,18,20). The number of para-hydroxylation sites is 1. The van der Waals surface area contributed by atoms with Crippen molar-refractivity contribution in [2.75, 3.05) is 5.32 Å². The second-order valence-corrected chi connectivity index (χ2v) is 5.08. The van der Waals surface area contributed by atoms with E-state index in [1.807, 2.05) is 12.1 Å². The van der Waals surface area contributed by atoms with Crippen LogP contribution < -0.4 is 5.32 Å². The summed E-state index contributed by atoms with van der Waals surface area (Å²) in [6.07, 6.45) is 0. The van der Waals surface area contributed by atoms with Crippen molar-refractivity contribution < 1.29 is 14.3 Å². The van der Waals surface area contributed by atoms with Gasteiger partial charge in [-0.05, 0) is 25.1 Å². The lowest BCUT2D eigenvalue weighted by atomic mass is 10.1. The minimum Gasteiger partial charge on any atom is -0.508 e. The highest BCUT2D eigenvalue weighted by Gasteiger charge is 2.19. The Balaban J connectivity index is 1.98. The number of furan rings is 1. The van der Waals surface area contributed by atoms with Gasteiger partial charge >= 0.3 is 0 Å². The predicted octanol–water partition coefficient (Wildman–Crippen LogP) is 4.35. The smallest absolute Gasteiger partial charge is 0.291 e. The molecular weight excluding hydrogens is 290 g/mol. The van der Waals surface area contributed by atoms with Crippen LogP contribution in [0.3, 0.4) is 0 Å². The largest absolute Gasteiger partial charge is 0.508 e. The quantitative estimate of drug-likeness (QED) is 0.739. The van der Waals surface area contributed by atoms with Crippen molar-refractivity contribution in [2.24, 2.45) is 0 Å². The average molecular weight is 302 g/mol. The molecule has 0 radical (unpaired) electrons. The van der Waals surface area contributed by atoms with Gasteiger partial charge in [-0.2, -0.15) is 0 Å². The molecule has 0 aliphatic heterocycles. The number of rotatable bonds is 2. The van der Waals surface area contributed by atoms with Gasteiger partial charge in [0.05, 0.1) is 5.02 Å². The molecule has 1 amide bonds. The van der Waals surface area contributed by atoms with Crippen LogP contribution >= 0.6 is 11.6 Å². The summed E-state index contributed by atoms with van der Waals surface area (Å²) in [6.45, 7) is 1.81. The number of amides is 1. The van der Waals surface area contributed by atoms with Gasteiger partial charge in [0, 0.05) is 22.7 Å². The molecule has 1 aromatic heterocycles. The lowest BCUT2D eigenvalue weighted by Crippen LogP contribution is -2.11. The van der Waals surface area contributed by atoms with Crippen LogP contribution in [0.15, 0.2) is 46.9 Å². The van der Waals surface area contributed by atoms with Crippen LogP contribution in [-0.2, 0) is 0 Å². The summed E-state index contributed by atoms with van der Waals surface area (Å²) in [4.78, 5) is 12.3. The molecule has 0 saturated carbocycles. The van der Waals surface area contributed by atoms with Gasteiger partial charge in [-0.1, -0.05) is 29.8 Å². The first-order chi connectivity index (χ1) is 10.1. The molecule has 1 heterocycles. The number of hydrogen-bond donors (Lipinski definition) is 2. The fraction of sp³-hybridized carbons (Fsp3) is 0.0625. The van der Waals surface area contributed by atoms with E-state index >= 15 is 0 Å². The maximum atomic E-state index is 12.3. The fourth-order valence-corrected chi connectivity index (χ4v) is 2.41. The van der Waals surface area contributed by atoms with Gasteiger partial charge in [0.15, 0.2) is 11.3 Å². The zero-order valence-corrected chi connectivity index (χ0v) is 11.9. The van der Waals surface area contributed by atoms with Crippen molar-refractivity contribution in [1.29, 1.82) is 0 Å². The molecule has 5 heteroatoms. The molecule has 0 unspecified atom stereocenters. The second-order valence-electron chi connectivity index (χ2n) is 4.68. The molecule has 106 valence electrons. The number of anilines is 1. The van der Waals surface area contributed by atoms with Crippen LogP contribution in [-0.4, -0.2) is 11.0 Å². The number of carbonyl (C=O) groups excluding carboxylic acids is 1. The summed E-state index contributed by atoms with van der Waals surface area (Å²) in [6, 6.07) is 11.7. The van der Waals surface area contributed by atoms with Gasteiger partial charge in [-0.15, -0.1) is 0 Å². The lowest BCUT2D eigenvalue weighted by molar-refractivity contribution is 0.0998. The summed E-state index contributed by atoms with van der Waals surface area (Å²) in [5.74, 6) is -0.0935. The number of nitrogens with one attached hydrogen (secondary N) is 1. The number of phenols is 1. The van der Waals surface area contributed by atoms with Crippen molar-refractivity contribution in [2.45, 2.75) is 6.92 Å². The van der Waals surface area contributed by atoms with E-state index in [-0.39, 0.29) is 17.4 Å². The molecule has 0 fully saturated rings. The Morgan fingerprint density at radius 2 is 2.00 bits per heavy atom. The molecule has 2 aromatic carbocycles. The molecule has 0 atom stereocenters. The number of benzene rings is 2. The zero-order valence-electron chi connectivity index (χ0n) is 11.2. The monoisotopic (exact) mass is 301 g/mol. The number of halogens is 1. The molecule has 0 aliphatic carbocycles. The number of fused-ring (bicyclic) bond motifs is 1. The van der Waals surface area contributed by atoms with E-state index in [1.165, 1.54) is 12.1 Å². The third kappa shape index (κ3) is 2.45. The molecule has 0 spiro atoms. The van der Waals surface area contributed by atoms with Crippen molar-refractivity contribution >= 4 is 34.2 Å². The Morgan fingerprint density at radius 3 is 2.71 bits per heavy atom. The summed E-state index contributed by atoms with van der Waals surface area (Å²) >= 11 is 6.07. The van der Waals surface area contributed by atoms with Crippen LogP contribution in [0.25, 0.3) is 11.0 Å². The Kier molecular flexibility index (Phi) is 3.31.